The molecule has 0 aliphatic carbocycles. The van der Waals surface area contributed by atoms with Crippen molar-refractivity contribution >= 4 is 11.3 Å². The summed E-state index contributed by atoms with van der Waals surface area (Å²) in [5.74, 6) is 0.930. The van der Waals surface area contributed by atoms with Gasteiger partial charge in [0.25, 0.3) is 0 Å². The Kier molecular flexibility index (Phi) is 4.22. The molecule has 0 saturated heterocycles. The van der Waals surface area contributed by atoms with Crippen LogP contribution in [0.5, 0.6) is 5.75 Å². The molecule has 0 fully saturated rings. The normalized spacial score (nSPS) is 10.8. The van der Waals surface area contributed by atoms with E-state index in [0.717, 1.165) is 38.0 Å². The number of thiazole rings is 1. The summed E-state index contributed by atoms with van der Waals surface area (Å²) in [5, 5.41) is 10.2. The number of aliphatic hydroxyl groups excluding tert-OH is 1. The van der Waals surface area contributed by atoms with Gasteiger partial charge in [-0.1, -0.05) is 0 Å². The van der Waals surface area contributed by atoms with Gasteiger partial charge in [-0.2, -0.15) is 0 Å². The lowest BCUT2D eigenvalue weighted by atomic mass is 10.1. The molecule has 0 bridgehead atoms. The standard InChI is InChI=1S/C15H19NO2S/c1-5-18-13-7-9(2)12(6-10(13)3)15-16-11(4)14(8-17)19-15/h6-7,17H,5,8H2,1-4H3. The summed E-state index contributed by atoms with van der Waals surface area (Å²) in [6.07, 6.45) is 0. The fourth-order valence-corrected chi connectivity index (χ4v) is 3.02. The molecule has 102 valence electrons. The molecule has 0 aliphatic rings. The molecular formula is C15H19NO2S. The van der Waals surface area contributed by atoms with E-state index in [1.54, 1.807) is 11.3 Å². The van der Waals surface area contributed by atoms with Crippen LogP contribution < -0.4 is 4.74 Å². The Bertz CT molecular complexity index is 590. The van der Waals surface area contributed by atoms with Crippen molar-refractivity contribution < 1.29 is 9.84 Å². The van der Waals surface area contributed by atoms with Crippen molar-refractivity contribution in [2.45, 2.75) is 34.3 Å². The number of nitrogens with zero attached hydrogens (tertiary/aromatic N) is 1. The Balaban J connectivity index is 2.47. The first-order valence-electron chi connectivity index (χ1n) is 6.38. The molecule has 1 heterocycles. The van der Waals surface area contributed by atoms with Crippen molar-refractivity contribution in [2.24, 2.45) is 0 Å². The largest absolute Gasteiger partial charge is 0.494 e. The highest BCUT2D eigenvalue weighted by molar-refractivity contribution is 7.15. The average Bonchev–Trinajstić information content (AvgIpc) is 2.75. The first-order chi connectivity index (χ1) is 9.06. The Morgan fingerprint density at radius 2 is 1.95 bits per heavy atom. The molecule has 1 N–H and O–H groups in total. The van der Waals surface area contributed by atoms with E-state index in [2.05, 4.69) is 24.0 Å². The van der Waals surface area contributed by atoms with E-state index in [1.807, 2.05) is 20.8 Å². The molecule has 3 nitrogen and oxygen atoms in total. The second kappa shape index (κ2) is 5.72. The van der Waals surface area contributed by atoms with Gasteiger partial charge >= 0.3 is 0 Å². The quantitative estimate of drug-likeness (QED) is 0.928. The van der Waals surface area contributed by atoms with Gasteiger partial charge < -0.3 is 9.84 Å². The van der Waals surface area contributed by atoms with Crippen LogP contribution in [-0.2, 0) is 6.61 Å². The summed E-state index contributed by atoms with van der Waals surface area (Å²) in [6, 6.07) is 4.17. The molecule has 0 radical (unpaired) electrons. The topological polar surface area (TPSA) is 42.4 Å². The minimum Gasteiger partial charge on any atom is -0.494 e. The molecule has 4 heteroatoms. The number of ether oxygens (including phenoxy) is 1. The van der Waals surface area contributed by atoms with Crippen LogP contribution in [0, 0.1) is 20.8 Å². The van der Waals surface area contributed by atoms with Gasteiger partial charge in [0.05, 0.1) is 23.8 Å². The molecule has 1 aromatic carbocycles. The predicted octanol–water partition coefficient (Wildman–Crippen LogP) is 3.63. The minimum absolute atomic E-state index is 0.0541. The van der Waals surface area contributed by atoms with Crippen LogP contribution in [0.15, 0.2) is 12.1 Å². The van der Waals surface area contributed by atoms with Crippen molar-refractivity contribution in [2.75, 3.05) is 6.61 Å². The van der Waals surface area contributed by atoms with Gasteiger partial charge in [0.15, 0.2) is 0 Å². The second-order valence-corrected chi connectivity index (χ2v) is 5.63. The summed E-state index contributed by atoms with van der Waals surface area (Å²) in [4.78, 5) is 5.48. The van der Waals surface area contributed by atoms with Gasteiger partial charge in [-0.05, 0) is 51.0 Å². The molecule has 0 atom stereocenters. The lowest BCUT2D eigenvalue weighted by Crippen LogP contribution is -1.95. The molecule has 0 unspecified atom stereocenters. The summed E-state index contributed by atoms with van der Waals surface area (Å²) >= 11 is 1.55. The molecule has 0 amide bonds. The van der Waals surface area contributed by atoms with Crippen LogP contribution in [0.25, 0.3) is 10.6 Å². The van der Waals surface area contributed by atoms with Crippen molar-refractivity contribution in [3.63, 3.8) is 0 Å². The van der Waals surface area contributed by atoms with Crippen molar-refractivity contribution in [1.29, 1.82) is 0 Å². The number of rotatable bonds is 4. The molecule has 0 saturated carbocycles. The summed E-state index contributed by atoms with van der Waals surface area (Å²) < 4.78 is 5.60. The number of benzene rings is 1. The highest BCUT2D eigenvalue weighted by Crippen LogP contribution is 2.34. The SMILES string of the molecule is CCOc1cc(C)c(-c2nc(C)c(CO)s2)cc1C. The van der Waals surface area contributed by atoms with Crippen LogP contribution in [0.2, 0.25) is 0 Å². The molecule has 1 aromatic heterocycles. The van der Waals surface area contributed by atoms with E-state index in [-0.39, 0.29) is 6.61 Å². The Labute approximate surface area is 117 Å². The molecule has 19 heavy (non-hydrogen) atoms. The van der Waals surface area contributed by atoms with Crippen LogP contribution in [0.1, 0.15) is 28.6 Å². The van der Waals surface area contributed by atoms with Gasteiger partial charge in [0.1, 0.15) is 10.8 Å². The van der Waals surface area contributed by atoms with Gasteiger partial charge in [-0.25, -0.2) is 4.98 Å². The van der Waals surface area contributed by atoms with Crippen molar-refractivity contribution in [1.82, 2.24) is 4.98 Å². The first kappa shape index (κ1) is 14.0. The number of aromatic nitrogens is 1. The van der Waals surface area contributed by atoms with E-state index < -0.39 is 0 Å². The lowest BCUT2D eigenvalue weighted by Gasteiger charge is -2.11. The molecular weight excluding hydrogens is 258 g/mol. The van der Waals surface area contributed by atoms with E-state index in [1.165, 1.54) is 0 Å². The van der Waals surface area contributed by atoms with Gasteiger partial charge in [-0.15, -0.1) is 11.3 Å². The highest BCUT2D eigenvalue weighted by atomic mass is 32.1. The monoisotopic (exact) mass is 277 g/mol. The molecule has 2 rings (SSSR count). The van der Waals surface area contributed by atoms with Crippen LogP contribution >= 0.6 is 11.3 Å². The van der Waals surface area contributed by atoms with E-state index >= 15 is 0 Å². The number of hydrogen-bond acceptors (Lipinski definition) is 4. The zero-order valence-corrected chi connectivity index (χ0v) is 12.6. The predicted molar refractivity (Wildman–Crippen MR) is 78.9 cm³/mol. The third-order valence-corrected chi connectivity index (χ3v) is 4.26. The summed E-state index contributed by atoms with van der Waals surface area (Å²) in [6.45, 7) is 8.75. The maximum absolute atomic E-state index is 9.27. The number of hydrogen-bond donors (Lipinski definition) is 1. The molecule has 2 aromatic rings. The number of aliphatic hydroxyl groups is 1. The average molecular weight is 277 g/mol. The molecule has 0 aliphatic heterocycles. The maximum Gasteiger partial charge on any atom is 0.124 e. The van der Waals surface area contributed by atoms with Gasteiger partial charge in [0.2, 0.25) is 0 Å². The van der Waals surface area contributed by atoms with Gasteiger partial charge in [0, 0.05) is 5.56 Å². The van der Waals surface area contributed by atoms with E-state index in [0.29, 0.717) is 6.61 Å². The minimum atomic E-state index is 0.0541. The lowest BCUT2D eigenvalue weighted by molar-refractivity contribution is 0.284. The first-order valence-corrected chi connectivity index (χ1v) is 7.20. The fraction of sp³-hybridized carbons (Fsp3) is 0.400. The zero-order valence-electron chi connectivity index (χ0n) is 11.8. The smallest absolute Gasteiger partial charge is 0.124 e. The maximum atomic E-state index is 9.27. The van der Waals surface area contributed by atoms with E-state index in [9.17, 15) is 5.11 Å². The van der Waals surface area contributed by atoms with Gasteiger partial charge in [-0.3, -0.25) is 0 Å². The van der Waals surface area contributed by atoms with Crippen LogP contribution in [0.3, 0.4) is 0 Å². The van der Waals surface area contributed by atoms with Crippen LogP contribution in [-0.4, -0.2) is 16.7 Å². The third kappa shape index (κ3) is 2.80. The Hall–Kier alpha value is -1.39. The third-order valence-electron chi connectivity index (χ3n) is 3.09. The second-order valence-electron chi connectivity index (χ2n) is 4.55. The fourth-order valence-electron chi connectivity index (χ4n) is 2.02. The summed E-state index contributed by atoms with van der Waals surface area (Å²) in [5.41, 5.74) is 4.29. The highest BCUT2D eigenvalue weighted by Gasteiger charge is 2.13. The Morgan fingerprint density at radius 3 is 2.53 bits per heavy atom. The van der Waals surface area contributed by atoms with Crippen molar-refractivity contribution in [3.05, 3.63) is 33.8 Å². The van der Waals surface area contributed by atoms with E-state index in [4.69, 9.17) is 4.74 Å². The Morgan fingerprint density at radius 1 is 1.21 bits per heavy atom. The van der Waals surface area contributed by atoms with Crippen molar-refractivity contribution in [3.8, 4) is 16.3 Å². The number of aryl methyl sites for hydroxylation is 3. The molecule has 0 spiro atoms. The zero-order chi connectivity index (χ0) is 14.0. The summed E-state index contributed by atoms with van der Waals surface area (Å²) in [7, 11) is 0. The van der Waals surface area contributed by atoms with Crippen LogP contribution in [0.4, 0.5) is 0 Å².